The number of likely N-dealkylation sites (tertiary alicyclic amines) is 1. The molecule has 0 bridgehead atoms. The number of amides is 2. The second kappa shape index (κ2) is 11.7. The van der Waals surface area contributed by atoms with Gasteiger partial charge in [0.2, 0.25) is 0 Å². The average Bonchev–Trinajstić information content (AvgIpc) is 3.59. The van der Waals surface area contributed by atoms with Crippen LogP contribution in [0.25, 0.3) is 16.6 Å². The molecule has 4 aromatic rings. The van der Waals surface area contributed by atoms with Crippen molar-refractivity contribution in [2.24, 2.45) is 0 Å². The van der Waals surface area contributed by atoms with Gasteiger partial charge in [0.25, 0.3) is 15.6 Å². The molecular formula is C26H27ClN6O4S2. The minimum Gasteiger partial charge on any atom is -0.385 e. The number of hydrogen-bond acceptors (Lipinski definition) is 8. The van der Waals surface area contributed by atoms with Gasteiger partial charge in [-0.2, -0.15) is 0 Å². The summed E-state index contributed by atoms with van der Waals surface area (Å²) in [5.41, 5.74) is 1.00. The van der Waals surface area contributed by atoms with Crippen LogP contribution in [-0.4, -0.2) is 55.1 Å². The first kappa shape index (κ1) is 27.1. The first-order valence-electron chi connectivity index (χ1n) is 12.5. The van der Waals surface area contributed by atoms with Gasteiger partial charge in [0.15, 0.2) is 0 Å². The van der Waals surface area contributed by atoms with E-state index in [9.17, 15) is 18.0 Å². The molecule has 1 aliphatic heterocycles. The van der Waals surface area contributed by atoms with Crippen molar-refractivity contribution in [3.05, 3.63) is 75.6 Å². The number of sulfonamides is 1. The van der Waals surface area contributed by atoms with E-state index in [-0.39, 0.29) is 15.5 Å². The normalized spacial score (nSPS) is 14.0. The van der Waals surface area contributed by atoms with Crippen LogP contribution in [0.15, 0.2) is 69.9 Å². The Bertz CT molecular complexity index is 1650. The van der Waals surface area contributed by atoms with Gasteiger partial charge in [0.1, 0.15) is 10.0 Å². The zero-order valence-electron chi connectivity index (χ0n) is 20.9. The van der Waals surface area contributed by atoms with Crippen LogP contribution >= 0.6 is 22.9 Å². The predicted octanol–water partition coefficient (Wildman–Crippen LogP) is 4.51. The number of nitrogens with zero attached hydrogens (tertiary/aromatic N) is 3. The fourth-order valence-corrected chi connectivity index (χ4v) is 6.84. The number of rotatable bonds is 9. The average molecular weight is 587 g/mol. The maximum atomic E-state index is 13.1. The second-order valence-corrected chi connectivity index (χ2v) is 12.8. The van der Waals surface area contributed by atoms with E-state index in [2.05, 4.69) is 20.5 Å². The molecule has 3 N–H and O–H groups in total. The number of thiophene rings is 1. The first-order valence-corrected chi connectivity index (χ1v) is 15.1. The number of anilines is 2. The smallest absolute Gasteiger partial charge is 0.333 e. The van der Waals surface area contributed by atoms with E-state index in [0.29, 0.717) is 15.5 Å². The lowest BCUT2D eigenvalue weighted by Gasteiger charge is -2.15. The minimum absolute atomic E-state index is 0.0766. The Balaban J connectivity index is 1.21. The number of carbonyl (C=O) groups excluding carboxylic acids is 1. The summed E-state index contributed by atoms with van der Waals surface area (Å²) >= 11 is 6.62. The molecule has 3 aromatic heterocycles. The maximum Gasteiger partial charge on any atom is 0.333 e. The fraction of sp³-hybridized carbons (Fsp3) is 0.269. The number of pyridine rings is 2. The summed E-state index contributed by atoms with van der Waals surface area (Å²) in [5.74, 6) is 0.359. The van der Waals surface area contributed by atoms with Gasteiger partial charge in [0, 0.05) is 23.8 Å². The van der Waals surface area contributed by atoms with Crippen LogP contribution in [0.4, 0.5) is 16.2 Å². The SMILES string of the molecule is O=C(Nc1ccc(-n2ccc3cc(NCCCN4CCCC4)ccc3c2=O)nc1)NS(=O)(=O)c1ccc(Cl)s1. The molecule has 1 saturated heterocycles. The third-order valence-corrected chi connectivity index (χ3v) is 9.43. The van der Waals surface area contributed by atoms with Crippen molar-refractivity contribution in [2.75, 3.05) is 36.8 Å². The van der Waals surface area contributed by atoms with Gasteiger partial charge in [-0.15, -0.1) is 11.3 Å². The minimum atomic E-state index is -4.05. The molecule has 1 aromatic carbocycles. The van der Waals surface area contributed by atoms with Crippen molar-refractivity contribution < 1.29 is 13.2 Å². The number of hydrogen-bond donors (Lipinski definition) is 3. The topological polar surface area (TPSA) is 125 Å². The van der Waals surface area contributed by atoms with Crippen molar-refractivity contribution >= 4 is 61.1 Å². The van der Waals surface area contributed by atoms with Crippen molar-refractivity contribution in [2.45, 2.75) is 23.5 Å². The summed E-state index contributed by atoms with van der Waals surface area (Å²) < 4.78 is 28.1. The standard InChI is InChI=1S/C26H27ClN6O4S2/c27-22-7-9-24(38-22)39(36,37)31-26(35)30-20-5-8-23(29-17-20)33-15-10-18-16-19(4-6-21(18)25(33)34)28-11-3-14-32-12-1-2-13-32/h4-10,15-17,28H,1-3,11-14H2,(H2,30,31,35). The van der Waals surface area contributed by atoms with Gasteiger partial charge < -0.3 is 15.5 Å². The molecule has 13 heteroatoms. The third-order valence-electron chi connectivity index (χ3n) is 6.38. The molecule has 0 unspecified atom stereocenters. The zero-order chi connectivity index (χ0) is 27.4. The molecule has 4 heterocycles. The van der Waals surface area contributed by atoms with E-state index in [1.165, 1.54) is 54.9 Å². The van der Waals surface area contributed by atoms with Gasteiger partial charge in [-0.1, -0.05) is 11.6 Å². The second-order valence-electron chi connectivity index (χ2n) is 9.15. The van der Waals surface area contributed by atoms with Crippen LogP contribution in [0.5, 0.6) is 0 Å². The van der Waals surface area contributed by atoms with E-state index in [1.54, 1.807) is 18.3 Å². The van der Waals surface area contributed by atoms with Crippen molar-refractivity contribution in [3.63, 3.8) is 0 Å². The van der Waals surface area contributed by atoms with Crippen LogP contribution in [-0.2, 0) is 10.0 Å². The van der Waals surface area contributed by atoms with Crippen LogP contribution in [0.1, 0.15) is 19.3 Å². The molecular weight excluding hydrogens is 560 g/mol. The molecule has 5 rings (SSSR count). The van der Waals surface area contributed by atoms with E-state index in [0.717, 1.165) is 41.9 Å². The molecule has 0 atom stereocenters. The first-order chi connectivity index (χ1) is 18.8. The van der Waals surface area contributed by atoms with E-state index >= 15 is 0 Å². The van der Waals surface area contributed by atoms with E-state index < -0.39 is 16.1 Å². The number of halogens is 1. The Hall–Kier alpha value is -3.45. The van der Waals surface area contributed by atoms with Crippen molar-refractivity contribution in [1.82, 2.24) is 19.2 Å². The lowest BCUT2D eigenvalue weighted by atomic mass is 10.1. The fourth-order valence-electron chi connectivity index (χ4n) is 4.45. The lowest BCUT2D eigenvalue weighted by Crippen LogP contribution is -2.34. The van der Waals surface area contributed by atoms with Gasteiger partial charge in [0.05, 0.1) is 16.2 Å². The number of benzene rings is 1. The summed E-state index contributed by atoms with van der Waals surface area (Å²) in [7, 11) is -4.05. The molecule has 1 fully saturated rings. The van der Waals surface area contributed by atoms with Crippen LogP contribution in [0.2, 0.25) is 4.34 Å². The number of aromatic nitrogens is 2. The Kier molecular flexibility index (Phi) is 8.17. The number of urea groups is 1. The Morgan fingerprint density at radius 1 is 1.05 bits per heavy atom. The molecule has 39 heavy (non-hydrogen) atoms. The monoisotopic (exact) mass is 586 g/mol. The predicted molar refractivity (Wildman–Crippen MR) is 155 cm³/mol. The van der Waals surface area contributed by atoms with E-state index in [1.807, 2.05) is 22.9 Å². The molecule has 2 amide bonds. The molecule has 1 aliphatic rings. The maximum absolute atomic E-state index is 13.1. The number of fused-ring (bicyclic) bond motifs is 1. The summed E-state index contributed by atoms with van der Waals surface area (Å²) in [5, 5.41) is 7.25. The molecule has 0 radical (unpaired) electrons. The van der Waals surface area contributed by atoms with Crippen LogP contribution < -0.4 is 20.9 Å². The molecule has 0 aliphatic carbocycles. The van der Waals surface area contributed by atoms with Crippen molar-refractivity contribution in [3.8, 4) is 5.82 Å². The highest BCUT2D eigenvalue weighted by Gasteiger charge is 2.20. The summed E-state index contributed by atoms with van der Waals surface area (Å²) in [6.45, 7) is 4.36. The Morgan fingerprint density at radius 2 is 1.85 bits per heavy atom. The van der Waals surface area contributed by atoms with Crippen LogP contribution in [0.3, 0.4) is 0 Å². The lowest BCUT2D eigenvalue weighted by molar-refractivity contribution is 0.256. The summed E-state index contributed by atoms with van der Waals surface area (Å²) in [6, 6.07) is 12.4. The Labute approximate surface area is 234 Å². The molecule has 0 spiro atoms. The highest BCUT2D eigenvalue weighted by Crippen LogP contribution is 2.25. The largest absolute Gasteiger partial charge is 0.385 e. The molecule has 204 valence electrons. The molecule has 10 nitrogen and oxygen atoms in total. The van der Waals surface area contributed by atoms with Gasteiger partial charge in [-0.25, -0.2) is 22.9 Å². The van der Waals surface area contributed by atoms with Crippen molar-refractivity contribution in [1.29, 1.82) is 0 Å². The van der Waals surface area contributed by atoms with Crippen LogP contribution in [0, 0.1) is 0 Å². The quantitative estimate of drug-likeness (QED) is 0.246. The van der Waals surface area contributed by atoms with Gasteiger partial charge in [-0.05, 0) is 92.8 Å². The van der Waals surface area contributed by atoms with Gasteiger partial charge in [-0.3, -0.25) is 9.36 Å². The summed E-state index contributed by atoms with van der Waals surface area (Å²) in [4.78, 5) is 32.1. The highest BCUT2D eigenvalue weighted by atomic mass is 35.5. The van der Waals surface area contributed by atoms with Gasteiger partial charge >= 0.3 is 6.03 Å². The van der Waals surface area contributed by atoms with E-state index in [4.69, 9.17) is 11.6 Å². The summed E-state index contributed by atoms with van der Waals surface area (Å²) in [6.07, 6.45) is 6.65. The highest BCUT2D eigenvalue weighted by molar-refractivity contribution is 7.92. The molecule has 0 saturated carbocycles. The third kappa shape index (κ3) is 6.59. The zero-order valence-corrected chi connectivity index (χ0v) is 23.3. The number of nitrogens with one attached hydrogen (secondary N) is 3. The number of carbonyl (C=O) groups is 1. The Morgan fingerprint density at radius 3 is 2.56 bits per heavy atom.